The molecule has 22 heavy (non-hydrogen) atoms. The summed E-state index contributed by atoms with van der Waals surface area (Å²) in [6, 6.07) is 8.50. The average molecular weight is 298 g/mol. The highest BCUT2D eigenvalue weighted by molar-refractivity contribution is 5.28. The summed E-state index contributed by atoms with van der Waals surface area (Å²) in [7, 11) is 1.74. The Morgan fingerprint density at radius 3 is 2.82 bits per heavy atom. The van der Waals surface area contributed by atoms with E-state index in [0.717, 1.165) is 11.7 Å². The Balaban J connectivity index is 1.74. The van der Waals surface area contributed by atoms with Gasteiger partial charge in [-0.1, -0.05) is 35.4 Å². The Morgan fingerprint density at radius 2 is 2.14 bits per heavy atom. The summed E-state index contributed by atoms with van der Waals surface area (Å²) in [5.41, 5.74) is 4.51. The summed E-state index contributed by atoms with van der Waals surface area (Å²) in [4.78, 5) is 0. The van der Waals surface area contributed by atoms with E-state index in [4.69, 9.17) is 4.74 Å². The van der Waals surface area contributed by atoms with Gasteiger partial charge >= 0.3 is 0 Å². The number of hydrogen-bond acceptors (Lipinski definition) is 1. The highest BCUT2D eigenvalue weighted by atomic mass is 16.5. The van der Waals surface area contributed by atoms with Gasteiger partial charge in [0.2, 0.25) is 0 Å². The van der Waals surface area contributed by atoms with Crippen LogP contribution in [-0.4, -0.2) is 7.11 Å². The zero-order chi connectivity index (χ0) is 15.8. The Labute approximate surface area is 136 Å². The summed E-state index contributed by atoms with van der Waals surface area (Å²) >= 11 is 0. The van der Waals surface area contributed by atoms with Gasteiger partial charge in [-0.2, -0.15) is 0 Å². The van der Waals surface area contributed by atoms with Crippen molar-refractivity contribution in [1.82, 2.24) is 0 Å². The minimum Gasteiger partial charge on any atom is -0.497 e. The van der Waals surface area contributed by atoms with Crippen molar-refractivity contribution in [3.8, 4) is 5.75 Å². The first-order valence-corrected chi connectivity index (χ1v) is 8.61. The molecule has 0 N–H and O–H groups in total. The number of aryl methyl sites for hydroxylation is 1. The van der Waals surface area contributed by atoms with E-state index < -0.39 is 0 Å². The molecular formula is C21H30O. The standard InChI is InChI=1S/C21H30O/c1-17(2)6-4-7-18-10-12-19(13-11-18)14-15-20-8-5-9-21(16-20)22-3/h5-6,8-10,16,19H,4,7,11-15H2,1-3H3. The Kier molecular flexibility index (Phi) is 6.76. The van der Waals surface area contributed by atoms with E-state index in [0.29, 0.717) is 0 Å². The quantitative estimate of drug-likeness (QED) is 0.552. The Hall–Kier alpha value is -1.50. The van der Waals surface area contributed by atoms with Crippen LogP contribution in [0.15, 0.2) is 47.6 Å². The van der Waals surface area contributed by atoms with Crippen LogP contribution in [0.25, 0.3) is 0 Å². The van der Waals surface area contributed by atoms with Gasteiger partial charge < -0.3 is 4.74 Å². The number of rotatable bonds is 7. The molecule has 0 heterocycles. The van der Waals surface area contributed by atoms with Gasteiger partial charge in [0.05, 0.1) is 7.11 Å². The summed E-state index contributed by atoms with van der Waals surface area (Å²) < 4.78 is 5.30. The van der Waals surface area contributed by atoms with Crippen LogP contribution in [0.4, 0.5) is 0 Å². The van der Waals surface area contributed by atoms with Crippen LogP contribution in [0.2, 0.25) is 0 Å². The fourth-order valence-corrected chi connectivity index (χ4v) is 3.18. The monoisotopic (exact) mass is 298 g/mol. The van der Waals surface area contributed by atoms with E-state index >= 15 is 0 Å². The largest absolute Gasteiger partial charge is 0.497 e. The first-order valence-electron chi connectivity index (χ1n) is 8.61. The van der Waals surface area contributed by atoms with Crippen molar-refractivity contribution in [2.75, 3.05) is 7.11 Å². The molecule has 1 aliphatic rings. The van der Waals surface area contributed by atoms with E-state index in [1.165, 1.54) is 56.1 Å². The molecule has 1 atom stereocenters. The second-order valence-electron chi connectivity index (χ2n) is 6.71. The molecule has 0 aromatic heterocycles. The lowest BCUT2D eigenvalue weighted by Gasteiger charge is -2.22. The van der Waals surface area contributed by atoms with Crippen molar-refractivity contribution in [1.29, 1.82) is 0 Å². The third-order valence-electron chi connectivity index (χ3n) is 4.61. The van der Waals surface area contributed by atoms with Crippen LogP contribution in [0.5, 0.6) is 5.75 Å². The Bertz CT molecular complexity index is 520. The van der Waals surface area contributed by atoms with E-state index in [2.05, 4.69) is 44.2 Å². The molecule has 0 radical (unpaired) electrons. The van der Waals surface area contributed by atoms with Crippen molar-refractivity contribution in [2.45, 2.75) is 58.8 Å². The van der Waals surface area contributed by atoms with Gasteiger partial charge in [0, 0.05) is 0 Å². The predicted octanol–water partition coefficient (Wildman–Crippen LogP) is 6.10. The smallest absolute Gasteiger partial charge is 0.119 e. The molecule has 0 bridgehead atoms. The van der Waals surface area contributed by atoms with Gasteiger partial charge in [0.25, 0.3) is 0 Å². The van der Waals surface area contributed by atoms with E-state index in [-0.39, 0.29) is 0 Å². The number of allylic oxidation sites excluding steroid dienone is 4. The molecule has 1 heteroatoms. The molecule has 0 fully saturated rings. The minimum absolute atomic E-state index is 0.860. The summed E-state index contributed by atoms with van der Waals surface area (Å²) in [5.74, 6) is 1.83. The van der Waals surface area contributed by atoms with Crippen molar-refractivity contribution >= 4 is 0 Å². The molecule has 1 aromatic carbocycles. The van der Waals surface area contributed by atoms with Crippen LogP contribution in [-0.2, 0) is 6.42 Å². The Morgan fingerprint density at radius 1 is 1.27 bits per heavy atom. The number of hydrogen-bond donors (Lipinski definition) is 0. The molecule has 0 saturated heterocycles. The van der Waals surface area contributed by atoms with E-state index in [1.54, 1.807) is 12.7 Å². The van der Waals surface area contributed by atoms with Crippen molar-refractivity contribution in [3.63, 3.8) is 0 Å². The molecule has 1 aromatic rings. The van der Waals surface area contributed by atoms with Gasteiger partial charge in [0.15, 0.2) is 0 Å². The van der Waals surface area contributed by atoms with E-state index in [1.807, 2.05) is 6.07 Å². The van der Waals surface area contributed by atoms with Crippen LogP contribution >= 0.6 is 0 Å². The van der Waals surface area contributed by atoms with Crippen molar-refractivity contribution in [2.24, 2.45) is 5.92 Å². The lowest BCUT2D eigenvalue weighted by Crippen LogP contribution is -2.07. The number of benzene rings is 1. The second-order valence-corrected chi connectivity index (χ2v) is 6.71. The molecule has 0 spiro atoms. The van der Waals surface area contributed by atoms with Crippen LogP contribution < -0.4 is 4.74 Å². The highest BCUT2D eigenvalue weighted by Crippen LogP contribution is 2.29. The third kappa shape index (κ3) is 5.71. The normalized spacial score (nSPS) is 17.8. The molecule has 1 nitrogen and oxygen atoms in total. The maximum Gasteiger partial charge on any atom is 0.119 e. The number of methoxy groups -OCH3 is 1. The summed E-state index contributed by atoms with van der Waals surface area (Å²) in [6.45, 7) is 4.37. The highest BCUT2D eigenvalue weighted by Gasteiger charge is 2.14. The first kappa shape index (κ1) is 16.9. The maximum atomic E-state index is 5.30. The second kappa shape index (κ2) is 8.82. The lowest BCUT2D eigenvalue weighted by molar-refractivity contribution is 0.412. The van der Waals surface area contributed by atoms with E-state index in [9.17, 15) is 0 Å². The zero-order valence-electron chi connectivity index (χ0n) is 14.4. The molecule has 120 valence electrons. The molecule has 2 rings (SSSR count). The van der Waals surface area contributed by atoms with Gasteiger partial charge in [0.1, 0.15) is 5.75 Å². The van der Waals surface area contributed by atoms with Crippen LogP contribution in [0.3, 0.4) is 0 Å². The molecule has 0 saturated carbocycles. The van der Waals surface area contributed by atoms with Gasteiger partial charge in [-0.3, -0.25) is 0 Å². The zero-order valence-corrected chi connectivity index (χ0v) is 14.4. The molecule has 0 aliphatic heterocycles. The predicted molar refractivity (Wildman–Crippen MR) is 95.4 cm³/mol. The molecule has 0 amide bonds. The fourth-order valence-electron chi connectivity index (χ4n) is 3.18. The maximum absolute atomic E-state index is 5.30. The summed E-state index contributed by atoms with van der Waals surface area (Å²) in [6.07, 6.45) is 13.7. The topological polar surface area (TPSA) is 9.23 Å². The third-order valence-corrected chi connectivity index (χ3v) is 4.61. The molecule has 1 unspecified atom stereocenters. The molecular weight excluding hydrogens is 268 g/mol. The average Bonchev–Trinajstić information content (AvgIpc) is 2.54. The molecule has 1 aliphatic carbocycles. The SMILES string of the molecule is COc1cccc(CCC2CC=C(CCC=C(C)C)CC2)c1. The van der Waals surface area contributed by atoms with Crippen molar-refractivity contribution in [3.05, 3.63) is 53.1 Å². The van der Waals surface area contributed by atoms with Gasteiger partial charge in [-0.15, -0.1) is 0 Å². The van der Waals surface area contributed by atoms with Gasteiger partial charge in [-0.25, -0.2) is 0 Å². The van der Waals surface area contributed by atoms with Gasteiger partial charge in [-0.05, 0) is 82.4 Å². The first-order chi connectivity index (χ1) is 10.7. The fraction of sp³-hybridized carbons (Fsp3) is 0.524. The number of ether oxygens (including phenoxy) is 1. The minimum atomic E-state index is 0.860. The van der Waals surface area contributed by atoms with Crippen LogP contribution in [0.1, 0.15) is 57.9 Å². The lowest BCUT2D eigenvalue weighted by atomic mass is 9.84. The van der Waals surface area contributed by atoms with Crippen LogP contribution in [0, 0.1) is 5.92 Å². The van der Waals surface area contributed by atoms with Crippen molar-refractivity contribution < 1.29 is 4.74 Å². The summed E-state index contributed by atoms with van der Waals surface area (Å²) in [5, 5.41) is 0.